The molecule has 3 rings (SSSR count). The third-order valence-corrected chi connectivity index (χ3v) is 6.92. The summed E-state index contributed by atoms with van der Waals surface area (Å²) in [6.07, 6.45) is 2.27. The molecule has 0 aliphatic carbocycles. The van der Waals surface area contributed by atoms with Gasteiger partial charge >= 0.3 is 10.1 Å². The molecule has 0 spiro atoms. The van der Waals surface area contributed by atoms with E-state index in [1.165, 1.54) is 0 Å². The second-order valence-electron chi connectivity index (χ2n) is 8.14. The summed E-state index contributed by atoms with van der Waals surface area (Å²) in [5.74, 6) is 0.703. The molecule has 1 heterocycles. The number of ether oxygens (including phenoxy) is 2. The van der Waals surface area contributed by atoms with Crippen LogP contribution >= 0.6 is 0 Å². The Morgan fingerprint density at radius 3 is 2.32 bits per heavy atom. The van der Waals surface area contributed by atoms with Gasteiger partial charge in [0.1, 0.15) is 38.8 Å². The van der Waals surface area contributed by atoms with Gasteiger partial charge in [-0.05, 0) is 49.7 Å². The highest BCUT2D eigenvalue weighted by molar-refractivity contribution is 7.86. The summed E-state index contributed by atoms with van der Waals surface area (Å²) in [4.78, 5) is 11.0. The van der Waals surface area contributed by atoms with Gasteiger partial charge in [-0.3, -0.25) is 4.79 Å². The molecule has 0 N–H and O–H groups in total. The number of rotatable bonds is 9. The van der Waals surface area contributed by atoms with Crippen molar-refractivity contribution >= 4 is 16.4 Å². The topological polar surface area (TPSA) is 78.9 Å². The minimum atomic E-state index is -3.82. The van der Waals surface area contributed by atoms with E-state index >= 15 is 0 Å². The maximum absolute atomic E-state index is 12.6. The van der Waals surface area contributed by atoms with Crippen molar-refractivity contribution in [1.29, 1.82) is 0 Å². The Bertz CT molecular complexity index is 995. The van der Waals surface area contributed by atoms with Gasteiger partial charge < -0.3 is 9.47 Å². The number of quaternary nitrogens is 1. The van der Waals surface area contributed by atoms with Gasteiger partial charge in [0.15, 0.2) is 0 Å². The minimum Gasteiger partial charge on any atom is -0.491 e. The molecule has 0 amide bonds. The number of carbonyl (C=O) groups is 1. The Balaban J connectivity index is 1.43. The van der Waals surface area contributed by atoms with Gasteiger partial charge in [-0.2, -0.15) is 13.1 Å². The van der Waals surface area contributed by atoms with Crippen LogP contribution in [0, 0.1) is 13.8 Å². The van der Waals surface area contributed by atoms with Crippen LogP contribution in [0.3, 0.4) is 0 Å². The number of hydrogen-bond donors (Lipinski definition) is 0. The second kappa shape index (κ2) is 9.91. The van der Waals surface area contributed by atoms with E-state index in [4.69, 9.17) is 13.8 Å². The molecular formula is C23H30NO6S+. The van der Waals surface area contributed by atoms with E-state index in [1.807, 2.05) is 19.9 Å². The maximum Gasteiger partial charge on any atom is 0.342 e. The lowest BCUT2D eigenvalue weighted by Crippen LogP contribution is -2.52. The van der Waals surface area contributed by atoms with Gasteiger partial charge in [-0.1, -0.05) is 22.0 Å². The number of aryl methyl sites for hydroxylation is 2. The van der Waals surface area contributed by atoms with Gasteiger partial charge in [0.25, 0.3) is 0 Å². The Morgan fingerprint density at radius 1 is 1.03 bits per heavy atom. The normalized spacial score (nSPS) is 21.6. The molecule has 0 atom stereocenters. The van der Waals surface area contributed by atoms with Crippen molar-refractivity contribution in [2.45, 2.75) is 37.7 Å². The fraction of sp³-hybridized carbons (Fsp3) is 0.435. The lowest BCUT2D eigenvalue weighted by molar-refractivity contribution is -1.07. The van der Waals surface area contributed by atoms with Gasteiger partial charge in [0, 0.05) is 18.4 Å². The second-order valence-corrected chi connectivity index (χ2v) is 9.67. The van der Waals surface area contributed by atoms with E-state index < -0.39 is 10.1 Å². The lowest BCUT2D eigenvalue weighted by atomic mass is 10.1. The standard InChI is InChI=1S/C23H30NO6S/c1-18-4-8-23(9-5-18)31(26,27)30-24(3)12-10-21(11-13-24)28-14-15-29-22-7-6-20(17-25)19(2)16-22/h4-9,16-17,21H,10-15H2,1-3H3/q+1. The quantitative estimate of drug-likeness (QED) is 0.332. The Hall–Kier alpha value is -2.26. The largest absolute Gasteiger partial charge is 0.491 e. The van der Waals surface area contributed by atoms with E-state index in [0.29, 0.717) is 50.5 Å². The Morgan fingerprint density at radius 2 is 1.71 bits per heavy atom. The molecule has 2 aromatic carbocycles. The van der Waals surface area contributed by atoms with Crippen molar-refractivity contribution in [3.63, 3.8) is 0 Å². The zero-order valence-corrected chi connectivity index (χ0v) is 19.1. The zero-order chi connectivity index (χ0) is 22.5. The van der Waals surface area contributed by atoms with Crippen LogP contribution in [0.1, 0.15) is 34.3 Å². The highest BCUT2D eigenvalue weighted by Gasteiger charge is 2.37. The molecule has 8 heteroatoms. The number of nitrogens with zero attached hydrogens (tertiary/aromatic N) is 1. The summed E-state index contributed by atoms with van der Waals surface area (Å²) < 4.78 is 42.4. The SMILES string of the molecule is Cc1ccc(S(=O)(=O)O[N+]2(C)CCC(OCCOc3ccc(C=O)c(C)c3)CC2)cc1. The van der Waals surface area contributed by atoms with Crippen LogP contribution < -0.4 is 4.74 Å². The molecule has 0 aromatic heterocycles. The molecule has 31 heavy (non-hydrogen) atoms. The van der Waals surface area contributed by atoms with Crippen LogP contribution in [-0.2, 0) is 19.1 Å². The summed E-state index contributed by atoms with van der Waals surface area (Å²) >= 11 is 0. The van der Waals surface area contributed by atoms with Gasteiger partial charge in [-0.15, -0.1) is 0 Å². The molecule has 7 nitrogen and oxygen atoms in total. The van der Waals surface area contributed by atoms with Gasteiger partial charge in [-0.25, -0.2) is 0 Å². The average Bonchev–Trinajstić information content (AvgIpc) is 2.72. The van der Waals surface area contributed by atoms with Crippen molar-refractivity contribution < 1.29 is 31.6 Å². The van der Waals surface area contributed by atoms with Crippen molar-refractivity contribution in [1.82, 2.24) is 0 Å². The molecular weight excluding hydrogens is 418 g/mol. The summed E-state index contributed by atoms with van der Waals surface area (Å²) in [5, 5.41) is 0. The van der Waals surface area contributed by atoms with Crippen molar-refractivity contribution in [3.8, 4) is 5.75 Å². The fourth-order valence-corrected chi connectivity index (χ4v) is 4.74. The van der Waals surface area contributed by atoms with E-state index in [2.05, 4.69) is 0 Å². The zero-order valence-electron chi connectivity index (χ0n) is 18.2. The number of benzene rings is 2. The first kappa shape index (κ1) is 23.4. The number of hydroxylamine groups is 3. The Kier molecular flexibility index (Phi) is 7.48. The van der Waals surface area contributed by atoms with Crippen LogP contribution in [0.15, 0.2) is 47.4 Å². The van der Waals surface area contributed by atoms with E-state index in [9.17, 15) is 13.2 Å². The molecule has 2 aromatic rings. The van der Waals surface area contributed by atoms with Crippen molar-refractivity contribution in [2.75, 3.05) is 33.4 Å². The van der Waals surface area contributed by atoms with Crippen LogP contribution in [0.5, 0.6) is 5.75 Å². The Labute approximate surface area is 184 Å². The number of piperidine rings is 1. The number of likely N-dealkylation sites (tertiary alicyclic amines) is 1. The maximum atomic E-state index is 12.6. The van der Waals surface area contributed by atoms with Crippen LogP contribution in [0.25, 0.3) is 0 Å². The molecule has 0 unspecified atom stereocenters. The summed E-state index contributed by atoms with van der Waals surface area (Å²) in [7, 11) is -2.04. The van der Waals surface area contributed by atoms with Crippen molar-refractivity contribution in [2.24, 2.45) is 0 Å². The first-order valence-electron chi connectivity index (χ1n) is 10.4. The molecule has 1 aliphatic rings. The van der Waals surface area contributed by atoms with Crippen LogP contribution in [0.4, 0.5) is 0 Å². The minimum absolute atomic E-state index is 0.00886. The summed E-state index contributed by atoms with van der Waals surface area (Å²) in [6, 6.07) is 12.0. The van der Waals surface area contributed by atoms with Crippen molar-refractivity contribution in [3.05, 3.63) is 59.2 Å². The van der Waals surface area contributed by atoms with Crippen LogP contribution in [-0.4, -0.2) is 58.8 Å². The first-order chi connectivity index (χ1) is 14.7. The number of aldehydes is 1. The number of carbonyl (C=O) groups excluding carboxylic acids is 1. The van der Waals surface area contributed by atoms with E-state index in [0.717, 1.165) is 17.4 Å². The van der Waals surface area contributed by atoms with Gasteiger partial charge in [0.2, 0.25) is 0 Å². The summed E-state index contributed by atoms with van der Waals surface area (Å²) in [6.45, 7) is 5.70. The predicted octanol–water partition coefficient (Wildman–Crippen LogP) is 3.44. The summed E-state index contributed by atoms with van der Waals surface area (Å²) in [5.41, 5.74) is 2.52. The van der Waals surface area contributed by atoms with Gasteiger partial charge in [0.05, 0.1) is 17.6 Å². The highest BCUT2D eigenvalue weighted by atomic mass is 32.2. The molecule has 0 bridgehead atoms. The molecule has 1 aliphatic heterocycles. The van der Waals surface area contributed by atoms with E-state index in [-0.39, 0.29) is 15.6 Å². The smallest absolute Gasteiger partial charge is 0.342 e. The molecule has 1 fully saturated rings. The molecule has 168 valence electrons. The third-order valence-electron chi connectivity index (χ3n) is 5.51. The highest BCUT2D eigenvalue weighted by Crippen LogP contribution is 2.25. The average molecular weight is 449 g/mol. The van der Waals surface area contributed by atoms with Crippen LogP contribution in [0.2, 0.25) is 0 Å². The molecule has 1 saturated heterocycles. The fourth-order valence-electron chi connectivity index (χ4n) is 3.56. The molecule has 0 radical (unpaired) electrons. The molecule has 0 saturated carbocycles. The first-order valence-corrected chi connectivity index (χ1v) is 11.8. The lowest BCUT2D eigenvalue weighted by Gasteiger charge is -2.36. The monoisotopic (exact) mass is 448 g/mol. The van der Waals surface area contributed by atoms with E-state index in [1.54, 1.807) is 43.4 Å². The third kappa shape index (κ3) is 6.36. The number of hydrogen-bond acceptors (Lipinski definition) is 6. The predicted molar refractivity (Wildman–Crippen MR) is 116 cm³/mol.